The van der Waals surface area contributed by atoms with Crippen molar-refractivity contribution in [3.8, 4) is 0 Å². The van der Waals surface area contributed by atoms with Crippen LogP contribution in [0.3, 0.4) is 0 Å². The van der Waals surface area contributed by atoms with Crippen LogP contribution in [0.25, 0.3) is 0 Å². The molecule has 22 heavy (non-hydrogen) atoms. The summed E-state index contributed by atoms with van der Waals surface area (Å²) >= 11 is 0. The Kier molecular flexibility index (Phi) is 2.98. The van der Waals surface area contributed by atoms with Crippen LogP contribution >= 0.6 is 0 Å². The van der Waals surface area contributed by atoms with E-state index in [0.717, 1.165) is 25.7 Å². The third-order valence-electron chi connectivity index (χ3n) is 7.96. The van der Waals surface area contributed by atoms with Gasteiger partial charge >= 0.3 is 0 Å². The highest BCUT2D eigenvalue weighted by molar-refractivity contribution is 5.91. The Bertz CT molecular complexity index is 552. The number of alkyl halides is 2. The molecule has 0 aromatic carbocycles. The number of ketones is 1. The molecule has 0 radical (unpaired) electrons. The van der Waals surface area contributed by atoms with Gasteiger partial charge in [-0.3, -0.25) is 4.79 Å². The molecule has 4 rings (SSSR count). The van der Waals surface area contributed by atoms with Crippen molar-refractivity contribution in [1.29, 1.82) is 0 Å². The molecule has 122 valence electrons. The Labute approximate surface area is 131 Å². The molecule has 3 heteroatoms. The van der Waals surface area contributed by atoms with Crippen LogP contribution < -0.4 is 0 Å². The van der Waals surface area contributed by atoms with Crippen molar-refractivity contribution in [2.24, 2.45) is 28.6 Å². The first-order valence-electron chi connectivity index (χ1n) is 8.90. The van der Waals surface area contributed by atoms with Crippen LogP contribution in [0.15, 0.2) is 11.6 Å². The zero-order valence-corrected chi connectivity index (χ0v) is 13.6. The molecule has 0 saturated heterocycles. The van der Waals surface area contributed by atoms with E-state index in [1.54, 1.807) is 0 Å². The van der Waals surface area contributed by atoms with E-state index in [4.69, 9.17) is 0 Å². The molecule has 0 bridgehead atoms. The number of hydrogen-bond donors (Lipinski definition) is 0. The summed E-state index contributed by atoms with van der Waals surface area (Å²) in [4.78, 5) is 11.8. The van der Waals surface area contributed by atoms with E-state index in [2.05, 4.69) is 6.92 Å². The van der Waals surface area contributed by atoms with Gasteiger partial charge in [-0.15, -0.1) is 0 Å². The first-order chi connectivity index (χ1) is 10.3. The van der Waals surface area contributed by atoms with Gasteiger partial charge in [-0.2, -0.15) is 0 Å². The third-order valence-corrected chi connectivity index (χ3v) is 7.96. The van der Waals surface area contributed by atoms with Gasteiger partial charge in [0.15, 0.2) is 5.78 Å². The minimum atomic E-state index is -2.48. The molecule has 5 atom stereocenters. The maximum Gasteiger partial charge on any atom is 0.253 e. The molecule has 0 aromatic heterocycles. The molecular formula is C19H26F2O. The largest absolute Gasteiger partial charge is 0.295 e. The summed E-state index contributed by atoms with van der Waals surface area (Å²) in [5.41, 5.74) is 0.630. The maximum absolute atomic E-state index is 14.4. The quantitative estimate of drug-likeness (QED) is 0.604. The molecule has 0 amide bonds. The van der Waals surface area contributed by atoms with Crippen molar-refractivity contribution in [1.82, 2.24) is 0 Å². The number of fused-ring (bicyclic) bond motifs is 5. The molecule has 0 N–H and O–H groups in total. The number of hydrogen-bond acceptors (Lipinski definition) is 1. The Morgan fingerprint density at radius 2 is 1.73 bits per heavy atom. The van der Waals surface area contributed by atoms with Crippen LogP contribution in [0.5, 0.6) is 0 Å². The summed E-state index contributed by atoms with van der Waals surface area (Å²) in [5, 5.41) is 0. The second kappa shape index (κ2) is 4.42. The van der Waals surface area contributed by atoms with Crippen LogP contribution in [0.2, 0.25) is 0 Å². The molecule has 0 heterocycles. The second-order valence-electron chi connectivity index (χ2n) is 8.67. The molecule has 0 aliphatic heterocycles. The lowest BCUT2D eigenvalue weighted by atomic mass is 9.47. The fourth-order valence-corrected chi connectivity index (χ4v) is 6.49. The van der Waals surface area contributed by atoms with E-state index in [1.807, 2.05) is 13.0 Å². The molecular weight excluding hydrogens is 282 g/mol. The van der Waals surface area contributed by atoms with Crippen LogP contribution in [0, 0.1) is 28.6 Å². The Morgan fingerprint density at radius 1 is 1.00 bits per heavy atom. The van der Waals surface area contributed by atoms with E-state index >= 15 is 0 Å². The predicted octanol–water partition coefficient (Wildman–Crippen LogP) is 5.15. The monoisotopic (exact) mass is 308 g/mol. The first kappa shape index (κ1) is 14.8. The van der Waals surface area contributed by atoms with Crippen molar-refractivity contribution in [3.63, 3.8) is 0 Å². The van der Waals surface area contributed by atoms with Gasteiger partial charge in [0.2, 0.25) is 0 Å². The van der Waals surface area contributed by atoms with Crippen LogP contribution in [0.1, 0.15) is 65.2 Å². The predicted molar refractivity (Wildman–Crippen MR) is 81.7 cm³/mol. The van der Waals surface area contributed by atoms with Gasteiger partial charge < -0.3 is 0 Å². The molecule has 0 unspecified atom stereocenters. The van der Waals surface area contributed by atoms with Gasteiger partial charge in [0.1, 0.15) is 0 Å². The van der Waals surface area contributed by atoms with E-state index in [-0.39, 0.29) is 23.5 Å². The van der Waals surface area contributed by atoms with E-state index in [0.29, 0.717) is 31.1 Å². The van der Waals surface area contributed by atoms with Crippen molar-refractivity contribution in [2.45, 2.75) is 71.1 Å². The molecule has 4 aliphatic rings. The van der Waals surface area contributed by atoms with Crippen molar-refractivity contribution in [3.05, 3.63) is 11.6 Å². The number of carbonyl (C=O) groups is 1. The fraction of sp³-hybridized carbons (Fsp3) is 0.842. The second-order valence-corrected chi connectivity index (χ2v) is 8.67. The van der Waals surface area contributed by atoms with Gasteiger partial charge in [0.05, 0.1) is 0 Å². The minimum absolute atomic E-state index is 0.0787. The van der Waals surface area contributed by atoms with Gasteiger partial charge in [0, 0.05) is 18.3 Å². The van der Waals surface area contributed by atoms with Crippen LogP contribution in [-0.4, -0.2) is 11.7 Å². The Morgan fingerprint density at radius 3 is 2.50 bits per heavy atom. The molecule has 3 fully saturated rings. The lowest BCUT2D eigenvalue weighted by Crippen LogP contribution is -2.52. The molecule has 4 aliphatic carbocycles. The average molecular weight is 308 g/mol. The summed E-state index contributed by atoms with van der Waals surface area (Å²) in [7, 11) is 0. The van der Waals surface area contributed by atoms with Gasteiger partial charge in [0.25, 0.3) is 5.92 Å². The fourth-order valence-electron chi connectivity index (χ4n) is 6.49. The number of allylic oxidation sites excluding steroid dienone is 1. The van der Waals surface area contributed by atoms with E-state index in [9.17, 15) is 13.6 Å². The Balaban J connectivity index is 1.70. The van der Waals surface area contributed by atoms with E-state index < -0.39 is 11.3 Å². The summed E-state index contributed by atoms with van der Waals surface area (Å²) < 4.78 is 28.9. The lowest BCUT2D eigenvalue weighted by molar-refractivity contribution is -0.151. The van der Waals surface area contributed by atoms with Gasteiger partial charge in [-0.25, -0.2) is 8.78 Å². The van der Waals surface area contributed by atoms with Crippen LogP contribution in [-0.2, 0) is 4.79 Å². The highest BCUT2D eigenvalue weighted by atomic mass is 19.3. The van der Waals surface area contributed by atoms with Gasteiger partial charge in [-0.1, -0.05) is 19.4 Å². The molecule has 0 aromatic rings. The molecule has 1 nitrogen and oxygen atoms in total. The normalized spacial score (nSPS) is 49.9. The summed E-state index contributed by atoms with van der Waals surface area (Å²) in [6, 6.07) is 0. The molecule has 0 spiro atoms. The number of carbonyl (C=O) groups excluding carboxylic acids is 1. The number of halogens is 2. The SMILES string of the molecule is C[C@]12CCC(=O)C=C1CC[C@@H]1[C@H]2CC[C@@]2(C)[C@H]1CCC2(F)F. The zero-order chi connectivity index (χ0) is 15.8. The topological polar surface area (TPSA) is 17.1 Å². The van der Waals surface area contributed by atoms with E-state index in [1.165, 1.54) is 5.57 Å². The standard InChI is InChI=1S/C19H26F2O/c1-17-8-5-13(22)11-12(17)3-4-14-15(17)6-9-18(2)16(14)7-10-19(18,20)21/h11,14-16H,3-10H2,1-2H3/t14-,15-,16+,17+,18+/m1/s1. The average Bonchev–Trinajstić information content (AvgIpc) is 2.70. The third kappa shape index (κ3) is 1.71. The number of rotatable bonds is 0. The summed E-state index contributed by atoms with van der Waals surface area (Å²) in [6.45, 7) is 4.15. The van der Waals surface area contributed by atoms with Crippen LogP contribution in [0.4, 0.5) is 8.78 Å². The highest BCUT2D eigenvalue weighted by Crippen LogP contribution is 2.68. The summed E-state index contributed by atoms with van der Waals surface area (Å²) in [5.74, 6) is -1.10. The summed E-state index contributed by atoms with van der Waals surface area (Å²) in [6.07, 6.45) is 7.75. The highest BCUT2D eigenvalue weighted by Gasteiger charge is 2.65. The van der Waals surface area contributed by atoms with Crippen molar-refractivity contribution >= 4 is 5.78 Å². The van der Waals surface area contributed by atoms with Crippen molar-refractivity contribution < 1.29 is 13.6 Å². The maximum atomic E-state index is 14.4. The van der Waals surface area contributed by atoms with Crippen molar-refractivity contribution in [2.75, 3.05) is 0 Å². The van der Waals surface area contributed by atoms with Gasteiger partial charge in [-0.05, 0) is 67.8 Å². The smallest absolute Gasteiger partial charge is 0.253 e. The Hall–Kier alpha value is -0.730. The molecule has 3 saturated carbocycles. The first-order valence-corrected chi connectivity index (χ1v) is 8.90. The lowest BCUT2D eigenvalue weighted by Gasteiger charge is -2.57. The zero-order valence-electron chi connectivity index (χ0n) is 13.6. The minimum Gasteiger partial charge on any atom is -0.295 e.